The molecule has 0 heteroatoms. The lowest BCUT2D eigenvalue weighted by Crippen LogP contribution is -2.35. The smallest absolute Gasteiger partial charge is 0.0315 e. The van der Waals surface area contributed by atoms with E-state index in [1.807, 2.05) is 0 Å². The number of hydrogen-bond donors (Lipinski definition) is 0. The highest BCUT2D eigenvalue weighted by Crippen LogP contribution is 2.72. The zero-order valence-corrected chi connectivity index (χ0v) is 14.9. The third kappa shape index (κ3) is 3.09. The molecule has 0 N–H and O–H groups in total. The summed E-state index contributed by atoms with van der Waals surface area (Å²) in [6.45, 7) is 14.6. The molecule has 0 aromatic heterocycles. The van der Waals surface area contributed by atoms with E-state index in [-0.39, 0.29) is 0 Å². The molecule has 0 aromatic rings. The van der Waals surface area contributed by atoms with E-state index < -0.39 is 0 Å². The van der Waals surface area contributed by atoms with Gasteiger partial charge in [-0.05, 0) is 60.2 Å². The highest BCUT2D eigenvalue weighted by atomic mass is 14.7. The van der Waals surface area contributed by atoms with Crippen LogP contribution in [0.5, 0.6) is 0 Å². The molecule has 8 atom stereocenters. The lowest BCUT2D eigenvalue weighted by atomic mass is 9.65. The summed E-state index contributed by atoms with van der Waals surface area (Å²) in [6, 6.07) is 0. The van der Waals surface area contributed by atoms with Gasteiger partial charge in [-0.3, -0.25) is 0 Å². The molecule has 2 fully saturated rings. The highest BCUT2D eigenvalue weighted by Gasteiger charge is 2.68. The summed E-state index contributed by atoms with van der Waals surface area (Å²) in [5.41, 5.74) is 0. The molecule has 0 bridgehead atoms. The van der Waals surface area contributed by atoms with E-state index >= 15 is 0 Å². The van der Waals surface area contributed by atoms with Crippen molar-refractivity contribution in [1.29, 1.82) is 0 Å². The Labute approximate surface area is 128 Å². The van der Waals surface area contributed by atoms with Crippen molar-refractivity contribution in [2.24, 2.45) is 47.3 Å². The first-order valence-electron chi connectivity index (χ1n) is 9.54. The molecule has 0 heterocycles. The van der Waals surface area contributed by atoms with Gasteiger partial charge in [0, 0.05) is 0 Å². The zero-order valence-electron chi connectivity index (χ0n) is 14.9. The van der Waals surface area contributed by atoms with Gasteiger partial charge in [0.2, 0.25) is 0 Å². The second kappa shape index (κ2) is 6.84. The van der Waals surface area contributed by atoms with E-state index in [1.54, 1.807) is 0 Å². The second-order valence-corrected chi connectivity index (χ2v) is 8.29. The minimum absolute atomic E-state index is 0.930. The Balaban J connectivity index is 1.83. The van der Waals surface area contributed by atoms with Gasteiger partial charge in [0.05, 0.1) is 0 Å². The molecule has 0 amide bonds. The van der Waals surface area contributed by atoms with Gasteiger partial charge in [0.15, 0.2) is 0 Å². The van der Waals surface area contributed by atoms with Crippen molar-refractivity contribution in [2.75, 3.05) is 0 Å². The molecule has 2 saturated carbocycles. The minimum Gasteiger partial charge on any atom is -0.0651 e. The van der Waals surface area contributed by atoms with Crippen molar-refractivity contribution >= 4 is 0 Å². The molecule has 2 aliphatic rings. The topological polar surface area (TPSA) is 0 Å². The van der Waals surface area contributed by atoms with Crippen molar-refractivity contribution in [2.45, 2.75) is 80.1 Å². The van der Waals surface area contributed by atoms with Gasteiger partial charge < -0.3 is 0 Å². The molecular formula is C20H38. The van der Waals surface area contributed by atoms with Gasteiger partial charge in [-0.25, -0.2) is 0 Å². The first kappa shape index (κ1) is 16.4. The molecule has 118 valence electrons. The summed E-state index contributed by atoms with van der Waals surface area (Å²) in [6.07, 6.45) is 8.66. The molecule has 0 saturated heterocycles. The Kier molecular flexibility index (Phi) is 5.60. The van der Waals surface area contributed by atoms with Gasteiger partial charge in [-0.15, -0.1) is 0 Å². The van der Waals surface area contributed by atoms with Crippen LogP contribution in [0.3, 0.4) is 0 Å². The highest BCUT2D eigenvalue weighted by molar-refractivity contribution is 5.15. The summed E-state index contributed by atoms with van der Waals surface area (Å²) in [5, 5.41) is 0. The fraction of sp³-hybridized carbons (Fsp3) is 1.00. The van der Waals surface area contributed by atoms with Gasteiger partial charge in [-0.2, -0.15) is 0 Å². The van der Waals surface area contributed by atoms with Crippen molar-refractivity contribution in [3.8, 4) is 0 Å². The summed E-state index contributed by atoms with van der Waals surface area (Å²) in [5.74, 6) is 8.44. The fourth-order valence-electron chi connectivity index (χ4n) is 5.34. The van der Waals surface area contributed by atoms with Crippen LogP contribution in [0.2, 0.25) is 0 Å². The summed E-state index contributed by atoms with van der Waals surface area (Å²) < 4.78 is 0. The van der Waals surface area contributed by atoms with Gasteiger partial charge in [-0.1, -0.05) is 67.2 Å². The third-order valence-electron chi connectivity index (χ3n) is 7.01. The van der Waals surface area contributed by atoms with Crippen LogP contribution >= 0.6 is 0 Å². The maximum absolute atomic E-state index is 2.56. The van der Waals surface area contributed by atoms with Gasteiger partial charge >= 0.3 is 0 Å². The first-order valence-corrected chi connectivity index (χ1v) is 9.54. The standard InChI is InChI=1S/C20H38/c1-7-13(4)10-11-17-19-16(9-3)18(20(17)19)15(6)12-14(5)8-2/h13-20H,7-12H2,1-6H3. The molecular weight excluding hydrogens is 240 g/mol. The molecule has 0 nitrogen and oxygen atoms in total. The Morgan fingerprint density at radius 1 is 0.800 bits per heavy atom. The number of fused-ring (bicyclic) bond motifs is 1. The Bertz CT molecular complexity index is 294. The average molecular weight is 279 g/mol. The normalized spacial score (nSPS) is 39.6. The molecule has 0 aromatic carbocycles. The van der Waals surface area contributed by atoms with Gasteiger partial charge in [0.1, 0.15) is 0 Å². The van der Waals surface area contributed by atoms with Crippen molar-refractivity contribution in [1.82, 2.24) is 0 Å². The Morgan fingerprint density at radius 2 is 1.45 bits per heavy atom. The minimum atomic E-state index is 0.930. The van der Waals surface area contributed by atoms with Crippen LogP contribution in [-0.4, -0.2) is 0 Å². The number of rotatable bonds is 9. The van der Waals surface area contributed by atoms with Crippen molar-refractivity contribution in [3.63, 3.8) is 0 Å². The molecule has 8 unspecified atom stereocenters. The predicted molar refractivity (Wildman–Crippen MR) is 89.7 cm³/mol. The van der Waals surface area contributed by atoms with Crippen LogP contribution < -0.4 is 0 Å². The summed E-state index contributed by atoms with van der Waals surface area (Å²) >= 11 is 0. The Hall–Kier alpha value is 0. The van der Waals surface area contributed by atoms with Crippen LogP contribution in [-0.2, 0) is 0 Å². The molecule has 0 radical (unpaired) electrons. The van der Waals surface area contributed by atoms with Crippen molar-refractivity contribution < 1.29 is 0 Å². The quantitative estimate of drug-likeness (QED) is 0.457. The van der Waals surface area contributed by atoms with E-state index in [4.69, 9.17) is 0 Å². The summed E-state index contributed by atoms with van der Waals surface area (Å²) in [4.78, 5) is 0. The van der Waals surface area contributed by atoms with Crippen LogP contribution in [0.1, 0.15) is 80.1 Å². The molecule has 2 aliphatic carbocycles. The fourth-order valence-corrected chi connectivity index (χ4v) is 5.34. The summed E-state index contributed by atoms with van der Waals surface area (Å²) in [7, 11) is 0. The van der Waals surface area contributed by atoms with E-state index in [9.17, 15) is 0 Å². The molecule has 20 heavy (non-hydrogen) atoms. The molecule has 0 aliphatic heterocycles. The third-order valence-corrected chi connectivity index (χ3v) is 7.01. The molecule has 0 spiro atoms. The largest absolute Gasteiger partial charge is 0.0651 e. The maximum Gasteiger partial charge on any atom is -0.0315 e. The zero-order chi connectivity index (χ0) is 14.9. The van der Waals surface area contributed by atoms with E-state index in [0.717, 1.165) is 47.3 Å². The van der Waals surface area contributed by atoms with E-state index in [2.05, 4.69) is 41.5 Å². The van der Waals surface area contributed by atoms with E-state index in [1.165, 1.54) is 38.5 Å². The molecule has 2 rings (SSSR count). The van der Waals surface area contributed by atoms with Crippen LogP contribution in [0, 0.1) is 47.3 Å². The lowest BCUT2D eigenvalue weighted by molar-refractivity contribution is 0.0777. The van der Waals surface area contributed by atoms with Crippen LogP contribution in [0.4, 0.5) is 0 Å². The SMILES string of the molecule is CCC(C)CCC1C2C(CC)C(C(C)CC(C)CC)C12. The van der Waals surface area contributed by atoms with Crippen LogP contribution in [0.25, 0.3) is 0 Å². The predicted octanol–water partition coefficient (Wildman–Crippen LogP) is 6.40. The van der Waals surface area contributed by atoms with Crippen molar-refractivity contribution in [3.05, 3.63) is 0 Å². The monoisotopic (exact) mass is 278 g/mol. The number of hydrogen-bond acceptors (Lipinski definition) is 0. The maximum atomic E-state index is 2.56. The lowest BCUT2D eigenvalue weighted by Gasteiger charge is -2.40. The second-order valence-electron chi connectivity index (χ2n) is 8.29. The Morgan fingerprint density at radius 3 is 2.00 bits per heavy atom. The first-order chi connectivity index (χ1) is 9.54. The van der Waals surface area contributed by atoms with E-state index in [0.29, 0.717) is 0 Å². The van der Waals surface area contributed by atoms with Gasteiger partial charge in [0.25, 0.3) is 0 Å². The average Bonchev–Trinajstić information content (AvgIpc) is 3.03. The van der Waals surface area contributed by atoms with Crippen LogP contribution in [0.15, 0.2) is 0 Å².